The Balaban J connectivity index is 2.00. The number of ether oxygens (including phenoxy) is 1. The Morgan fingerprint density at radius 3 is 2.59 bits per heavy atom. The number of esters is 1. The molecule has 1 aromatic heterocycles. The molecule has 3 N–H and O–H groups in total. The van der Waals surface area contributed by atoms with Crippen LogP contribution in [0.1, 0.15) is 11.3 Å². The minimum absolute atomic E-state index is 0.169. The van der Waals surface area contributed by atoms with E-state index in [0.29, 0.717) is 12.2 Å². The van der Waals surface area contributed by atoms with Gasteiger partial charge in [0.1, 0.15) is 6.04 Å². The molecule has 144 valence electrons. The Hall–Kier alpha value is -3.20. The smallest absolute Gasteiger partial charge is 0.328 e. The van der Waals surface area contributed by atoms with Crippen LogP contribution < -0.4 is 5.32 Å². The average molecular weight is 374 g/mol. The van der Waals surface area contributed by atoms with Crippen LogP contribution in [0, 0.1) is 0 Å². The van der Waals surface area contributed by atoms with Crippen molar-refractivity contribution >= 4 is 17.8 Å². The van der Waals surface area contributed by atoms with E-state index in [4.69, 9.17) is 9.84 Å². The first kappa shape index (κ1) is 20.1. The maximum absolute atomic E-state index is 12.4. The van der Waals surface area contributed by atoms with Crippen LogP contribution in [0.15, 0.2) is 42.9 Å². The van der Waals surface area contributed by atoms with Gasteiger partial charge in [0.25, 0.3) is 0 Å². The van der Waals surface area contributed by atoms with E-state index in [1.807, 2.05) is 30.3 Å². The van der Waals surface area contributed by atoms with Crippen molar-refractivity contribution in [2.24, 2.45) is 0 Å². The molecule has 0 aliphatic heterocycles. The van der Waals surface area contributed by atoms with Crippen LogP contribution in [0.2, 0.25) is 0 Å². The highest BCUT2D eigenvalue weighted by Crippen LogP contribution is 2.05. The number of H-pyrrole nitrogens is 1. The van der Waals surface area contributed by atoms with E-state index in [0.717, 1.165) is 5.56 Å². The Kier molecular flexibility index (Phi) is 7.50. The summed E-state index contributed by atoms with van der Waals surface area (Å²) >= 11 is 0. The number of carboxylic acid groups (broad SMARTS) is 1. The predicted octanol–water partition coefficient (Wildman–Crippen LogP) is 0.197. The molecule has 0 fully saturated rings. The van der Waals surface area contributed by atoms with Crippen LogP contribution in [0.25, 0.3) is 0 Å². The molecule has 2 rings (SSSR count). The number of aromatic nitrogens is 2. The predicted molar refractivity (Wildman–Crippen MR) is 95.6 cm³/mol. The van der Waals surface area contributed by atoms with Crippen LogP contribution >= 0.6 is 0 Å². The van der Waals surface area contributed by atoms with Crippen LogP contribution in [0.3, 0.4) is 0 Å². The van der Waals surface area contributed by atoms with Crippen molar-refractivity contribution < 1.29 is 24.2 Å². The van der Waals surface area contributed by atoms with Crippen molar-refractivity contribution in [1.29, 1.82) is 0 Å². The van der Waals surface area contributed by atoms with Gasteiger partial charge in [-0.3, -0.25) is 14.5 Å². The highest BCUT2D eigenvalue weighted by molar-refractivity contribution is 5.86. The van der Waals surface area contributed by atoms with Gasteiger partial charge in [-0.15, -0.1) is 0 Å². The van der Waals surface area contributed by atoms with Gasteiger partial charge in [-0.25, -0.2) is 9.78 Å². The molecule has 0 radical (unpaired) electrons. The molecule has 9 heteroatoms. The Bertz CT molecular complexity index is 748. The molecule has 0 bridgehead atoms. The minimum Gasteiger partial charge on any atom is -0.480 e. The van der Waals surface area contributed by atoms with Gasteiger partial charge >= 0.3 is 11.9 Å². The number of amides is 1. The van der Waals surface area contributed by atoms with Gasteiger partial charge in [0, 0.05) is 24.9 Å². The van der Waals surface area contributed by atoms with Gasteiger partial charge < -0.3 is 20.1 Å². The molecule has 9 nitrogen and oxygen atoms in total. The monoisotopic (exact) mass is 374 g/mol. The quantitative estimate of drug-likeness (QED) is 0.507. The summed E-state index contributed by atoms with van der Waals surface area (Å²) in [7, 11) is 1.24. The maximum atomic E-state index is 12.4. The first-order chi connectivity index (χ1) is 13.0. The van der Waals surface area contributed by atoms with E-state index >= 15 is 0 Å². The lowest BCUT2D eigenvalue weighted by Gasteiger charge is -2.22. The maximum Gasteiger partial charge on any atom is 0.328 e. The molecule has 0 saturated heterocycles. The second kappa shape index (κ2) is 10.1. The molecule has 1 heterocycles. The number of carbonyl (C=O) groups is 3. The Morgan fingerprint density at radius 1 is 1.26 bits per heavy atom. The summed E-state index contributed by atoms with van der Waals surface area (Å²) in [6.45, 7) is -0.173. The van der Waals surface area contributed by atoms with Gasteiger partial charge in [0.05, 0.1) is 26.5 Å². The third-order valence-electron chi connectivity index (χ3n) is 3.77. The fourth-order valence-electron chi connectivity index (χ4n) is 2.60. The van der Waals surface area contributed by atoms with E-state index < -0.39 is 23.9 Å². The van der Waals surface area contributed by atoms with Gasteiger partial charge in [-0.05, 0) is 5.56 Å². The second-order valence-electron chi connectivity index (χ2n) is 5.95. The standard InChI is InChI=1S/C18H22N4O5/c1-27-18(26)15(7-14-8-19-12-20-14)21-16(23)10-22(11-17(24)25)9-13-5-3-2-4-6-13/h2-6,8,12,15H,7,9-11H2,1H3,(H,19,20)(H,21,23)(H,24,25)/t15-/m1/s1. The van der Waals surface area contributed by atoms with Crippen molar-refractivity contribution in [1.82, 2.24) is 20.2 Å². The lowest BCUT2D eigenvalue weighted by Crippen LogP contribution is -2.47. The number of imidazole rings is 1. The topological polar surface area (TPSA) is 125 Å². The third-order valence-corrected chi connectivity index (χ3v) is 3.77. The van der Waals surface area contributed by atoms with E-state index in [1.54, 1.807) is 6.20 Å². The number of carboxylic acids is 1. The first-order valence-corrected chi connectivity index (χ1v) is 8.30. The summed E-state index contributed by atoms with van der Waals surface area (Å²) in [4.78, 5) is 43.7. The van der Waals surface area contributed by atoms with Gasteiger partial charge in [-0.2, -0.15) is 0 Å². The fourth-order valence-corrected chi connectivity index (χ4v) is 2.60. The summed E-state index contributed by atoms with van der Waals surface area (Å²) in [5, 5.41) is 11.7. The lowest BCUT2D eigenvalue weighted by molar-refractivity contribution is -0.145. The van der Waals surface area contributed by atoms with Crippen molar-refractivity contribution in [3.8, 4) is 0 Å². The normalized spacial score (nSPS) is 11.8. The summed E-state index contributed by atoms with van der Waals surface area (Å²) in [5.41, 5.74) is 1.55. The summed E-state index contributed by atoms with van der Waals surface area (Å²) in [5.74, 6) is -2.10. The number of methoxy groups -OCH3 is 1. The van der Waals surface area contributed by atoms with E-state index in [1.165, 1.54) is 18.3 Å². The number of rotatable bonds is 10. The van der Waals surface area contributed by atoms with Crippen LogP contribution in [0.4, 0.5) is 0 Å². The molecule has 1 amide bonds. The number of carbonyl (C=O) groups excluding carboxylic acids is 2. The second-order valence-corrected chi connectivity index (χ2v) is 5.95. The summed E-state index contributed by atoms with van der Waals surface area (Å²) in [6.07, 6.45) is 3.21. The van der Waals surface area contributed by atoms with Crippen molar-refractivity contribution in [2.75, 3.05) is 20.2 Å². The molecular weight excluding hydrogens is 352 g/mol. The number of aromatic amines is 1. The average Bonchev–Trinajstić information content (AvgIpc) is 3.13. The van der Waals surface area contributed by atoms with Gasteiger partial charge in [0.2, 0.25) is 5.91 Å². The summed E-state index contributed by atoms with van der Waals surface area (Å²) < 4.78 is 4.73. The molecule has 0 unspecified atom stereocenters. The Labute approximate surface area is 156 Å². The molecule has 0 saturated carbocycles. The highest BCUT2D eigenvalue weighted by Gasteiger charge is 2.24. The zero-order valence-corrected chi connectivity index (χ0v) is 14.9. The van der Waals surface area contributed by atoms with Crippen molar-refractivity contribution in [2.45, 2.75) is 19.0 Å². The molecule has 1 aromatic carbocycles. The first-order valence-electron chi connectivity index (χ1n) is 8.30. The van der Waals surface area contributed by atoms with E-state index in [2.05, 4.69) is 15.3 Å². The molecule has 0 aliphatic carbocycles. The SMILES string of the molecule is COC(=O)[C@@H](Cc1cnc[nH]1)NC(=O)CN(CC(=O)O)Cc1ccccc1. The zero-order valence-electron chi connectivity index (χ0n) is 14.9. The number of aliphatic carboxylic acids is 1. The zero-order chi connectivity index (χ0) is 19.6. The van der Waals surface area contributed by atoms with Crippen molar-refractivity contribution in [3.05, 3.63) is 54.1 Å². The molecule has 0 spiro atoms. The number of benzene rings is 1. The number of nitrogens with one attached hydrogen (secondary N) is 2. The summed E-state index contributed by atoms with van der Waals surface area (Å²) in [6, 6.07) is 8.34. The van der Waals surface area contributed by atoms with Crippen LogP contribution in [0.5, 0.6) is 0 Å². The van der Waals surface area contributed by atoms with Gasteiger partial charge in [0.15, 0.2) is 0 Å². The molecular formula is C18H22N4O5. The highest BCUT2D eigenvalue weighted by atomic mass is 16.5. The molecule has 2 aromatic rings. The number of nitrogens with zero attached hydrogens (tertiary/aromatic N) is 2. The number of hydrogen-bond donors (Lipinski definition) is 3. The molecule has 0 aliphatic rings. The van der Waals surface area contributed by atoms with E-state index in [-0.39, 0.29) is 19.5 Å². The van der Waals surface area contributed by atoms with Crippen molar-refractivity contribution in [3.63, 3.8) is 0 Å². The van der Waals surface area contributed by atoms with E-state index in [9.17, 15) is 14.4 Å². The minimum atomic E-state index is -1.04. The Morgan fingerprint density at radius 2 is 2.00 bits per heavy atom. The van der Waals surface area contributed by atoms with Gasteiger partial charge in [-0.1, -0.05) is 30.3 Å². The number of hydrogen-bond acceptors (Lipinski definition) is 6. The third kappa shape index (κ3) is 6.90. The van der Waals surface area contributed by atoms with Crippen LogP contribution in [-0.2, 0) is 32.1 Å². The largest absolute Gasteiger partial charge is 0.480 e. The molecule has 27 heavy (non-hydrogen) atoms. The molecule has 1 atom stereocenters. The fraction of sp³-hybridized carbons (Fsp3) is 0.333. The lowest BCUT2D eigenvalue weighted by atomic mass is 10.1. The van der Waals surface area contributed by atoms with Crippen LogP contribution in [-0.4, -0.2) is 64.1 Å².